The lowest BCUT2D eigenvalue weighted by Gasteiger charge is -2.14. The fraction of sp³-hybridized carbons (Fsp3) is 0.231. The third kappa shape index (κ3) is 3.26. The average molecular weight is 278 g/mol. The number of nitrogens with one attached hydrogen (secondary N) is 2. The van der Waals surface area contributed by atoms with Crippen LogP contribution in [0.2, 0.25) is 5.02 Å². The van der Waals surface area contributed by atoms with Crippen molar-refractivity contribution in [3.05, 3.63) is 35.6 Å². The van der Waals surface area contributed by atoms with Gasteiger partial charge < -0.3 is 16.4 Å². The number of benzene rings is 1. The molecule has 1 aromatic heterocycles. The Morgan fingerprint density at radius 1 is 1.16 bits per heavy atom. The lowest BCUT2D eigenvalue weighted by Crippen LogP contribution is -2.14. The Balaban J connectivity index is 2.28. The van der Waals surface area contributed by atoms with Gasteiger partial charge in [-0.05, 0) is 26.0 Å². The van der Waals surface area contributed by atoms with Crippen molar-refractivity contribution < 1.29 is 0 Å². The Morgan fingerprint density at radius 2 is 1.84 bits per heavy atom. The molecule has 0 fully saturated rings. The molecule has 5 nitrogen and oxygen atoms in total. The van der Waals surface area contributed by atoms with Crippen molar-refractivity contribution in [1.82, 2.24) is 9.97 Å². The van der Waals surface area contributed by atoms with E-state index in [2.05, 4.69) is 20.6 Å². The van der Waals surface area contributed by atoms with Crippen LogP contribution in [0.3, 0.4) is 0 Å². The van der Waals surface area contributed by atoms with Crippen LogP contribution >= 0.6 is 11.6 Å². The minimum absolute atomic E-state index is 0.241. The Morgan fingerprint density at radius 3 is 2.53 bits per heavy atom. The summed E-state index contributed by atoms with van der Waals surface area (Å²) in [4.78, 5) is 8.26. The van der Waals surface area contributed by atoms with Gasteiger partial charge in [-0.1, -0.05) is 23.7 Å². The Kier molecular flexibility index (Phi) is 4.06. The van der Waals surface area contributed by atoms with Gasteiger partial charge >= 0.3 is 0 Å². The highest BCUT2D eigenvalue weighted by atomic mass is 35.5. The number of anilines is 4. The van der Waals surface area contributed by atoms with Crippen LogP contribution in [0.25, 0.3) is 0 Å². The maximum absolute atomic E-state index is 6.09. The SMILES string of the molecule is CC(C)Nc1ncnc(Nc2ccccc2Cl)c1N. The van der Waals surface area contributed by atoms with E-state index in [1.807, 2.05) is 32.0 Å². The van der Waals surface area contributed by atoms with Gasteiger partial charge in [0.15, 0.2) is 11.6 Å². The number of nitrogens with zero attached hydrogens (tertiary/aromatic N) is 2. The first-order valence-corrected chi connectivity index (χ1v) is 6.34. The lowest BCUT2D eigenvalue weighted by atomic mass is 10.3. The van der Waals surface area contributed by atoms with E-state index >= 15 is 0 Å². The van der Waals surface area contributed by atoms with Gasteiger partial charge in [-0.25, -0.2) is 9.97 Å². The van der Waals surface area contributed by atoms with E-state index in [0.29, 0.717) is 22.3 Å². The molecule has 2 aromatic rings. The molecule has 0 spiro atoms. The molecule has 0 saturated heterocycles. The first kappa shape index (κ1) is 13.4. The number of nitrogens with two attached hydrogens (primary N) is 1. The molecule has 0 amide bonds. The van der Waals surface area contributed by atoms with Crippen LogP contribution in [0.1, 0.15) is 13.8 Å². The third-order valence-electron chi connectivity index (χ3n) is 2.44. The summed E-state index contributed by atoms with van der Waals surface area (Å²) in [5.41, 5.74) is 7.26. The van der Waals surface area contributed by atoms with Crippen LogP contribution in [0.15, 0.2) is 30.6 Å². The quantitative estimate of drug-likeness (QED) is 0.800. The summed E-state index contributed by atoms with van der Waals surface area (Å²) in [5, 5.41) is 6.88. The van der Waals surface area contributed by atoms with Crippen LogP contribution in [0.5, 0.6) is 0 Å². The number of para-hydroxylation sites is 1. The Hall–Kier alpha value is -2.01. The van der Waals surface area contributed by atoms with Crippen molar-refractivity contribution >= 4 is 34.6 Å². The molecule has 0 saturated carbocycles. The van der Waals surface area contributed by atoms with Crippen molar-refractivity contribution in [2.75, 3.05) is 16.4 Å². The zero-order valence-corrected chi connectivity index (χ0v) is 11.6. The summed E-state index contributed by atoms with van der Waals surface area (Å²) in [5.74, 6) is 1.14. The van der Waals surface area contributed by atoms with Crippen molar-refractivity contribution in [2.45, 2.75) is 19.9 Å². The molecular weight excluding hydrogens is 262 g/mol. The standard InChI is InChI=1S/C13H16ClN5/c1-8(2)18-12-11(15)13(17-7-16-12)19-10-6-4-3-5-9(10)14/h3-8H,15H2,1-2H3,(H2,16,17,18,19). The molecule has 6 heteroatoms. The van der Waals surface area contributed by atoms with Gasteiger partial charge in [-0.2, -0.15) is 0 Å². The van der Waals surface area contributed by atoms with Gasteiger partial charge in [0, 0.05) is 6.04 Å². The zero-order chi connectivity index (χ0) is 13.8. The third-order valence-corrected chi connectivity index (χ3v) is 2.77. The van der Waals surface area contributed by atoms with Crippen LogP contribution < -0.4 is 16.4 Å². The molecule has 1 aromatic carbocycles. The summed E-state index contributed by atoms with van der Waals surface area (Å²) in [6.07, 6.45) is 1.46. The number of aromatic nitrogens is 2. The highest BCUT2D eigenvalue weighted by molar-refractivity contribution is 6.33. The Labute approximate surface area is 117 Å². The predicted octanol–water partition coefficient (Wildman–Crippen LogP) is 3.28. The number of hydrogen-bond donors (Lipinski definition) is 3. The summed E-state index contributed by atoms with van der Waals surface area (Å²) >= 11 is 6.09. The second kappa shape index (κ2) is 5.75. The minimum atomic E-state index is 0.241. The topological polar surface area (TPSA) is 75.9 Å². The van der Waals surface area contributed by atoms with Crippen LogP contribution in [0.4, 0.5) is 23.0 Å². The number of halogens is 1. The molecule has 19 heavy (non-hydrogen) atoms. The molecule has 0 radical (unpaired) electrons. The maximum Gasteiger partial charge on any atom is 0.159 e. The fourth-order valence-electron chi connectivity index (χ4n) is 1.57. The van der Waals surface area contributed by atoms with Gasteiger partial charge in [-0.15, -0.1) is 0 Å². The van der Waals surface area contributed by atoms with E-state index in [1.165, 1.54) is 6.33 Å². The normalized spacial score (nSPS) is 10.5. The number of nitrogen functional groups attached to an aromatic ring is 1. The molecule has 100 valence electrons. The van der Waals surface area contributed by atoms with Crippen LogP contribution in [0, 0.1) is 0 Å². The summed E-state index contributed by atoms with van der Waals surface area (Å²) in [6.45, 7) is 4.03. The second-order valence-corrected chi connectivity index (χ2v) is 4.80. The smallest absolute Gasteiger partial charge is 0.159 e. The molecule has 0 aliphatic rings. The van der Waals surface area contributed by atoms with Crippen molar-refractivity contribution in [3.8, 4) is 0 Å². The molecule has 2 rings (SSSR count). The van der Waals surface area contributed by atoms with Crippen LogP contribution in [-0.2, 0) is 0 Å². The van der Waals surface area contributed by atoms with Gasteiger partial charge in [0.25, 0.3) is 0 Å². The second-order valence-electron chi connectivity index (χ2n) is 4.39. The molecule has 0 atom stereocenters. The van der Waals surface area contributed by atoms with E-state index in [9.17, 15) is 0 Å². The number of rotatable bonds is 4. The molecule has 0 aliphatic heterocycles. The van der Waals surface area contributed by atoms with E-state index in [-0.39, 0.29) is 6.04 Å². The zero-order valence-electron chi connectivity index (χ0n) is 10.8. The monoisotopic (exact) mass is 277 g/mol. The molecule has 1 heterocycles. The molecule has 4 N–H and O–H groups in total. The highest BCUT2D eigenvalue weighted by Crippen LogP contribution is 2.29. The minimum Gasteiger partial charge on any atom is -0.393 e. The van der Waals surface area contributed by atoms with E-state index in [0.717, 1.165) is 5.69 Å². The van der Waals surface area contributed by atoms with Crippen molar-refractivity contribution in [2.24, 2.45) is 0 Å². The molecule has 0 aliphatic carbocycles. The maximum atomic E-state index is 6.09. The molecule has 0 unspecified atom stereocenters. The van der Waals surface area contributed by atoms with Gasteiger partial charge in [-0.3, -0.25) is 0 Å². The number of hydrogen-bond acceptors (Lipinski definition) is 5. The lowest BCUT2D eigenvalue weighted by molar-refractivity contribution is 0.887. The predicted molar refractivity (Wildman–Crippen MR) is 79.9 cm³/mol. The van der Waals surface area contributed by atoms with Crippen molar-refractivity contribution in [1.29, 1.82) is 0 Å². The van der Waals surface area contributed by atoms with Gasteiger partial charge in [0.05, 0.1) is 10.7 Å². The molecular formula is C13H16ClN5. The van der Waals surface area contributed by atoms with Gasteiger partial charge in [0.2, 0.25) is 0 Å². The van der Waals surface area contributed by atoms with Crippen LogP contribution in [-0.4, -0.2) is 16.0 Å². The average Bonchev–Trinajstić information content (AvgIpc) is 2.36. The largest absolute Gasteiger partial charge is 0.393 e. The first-order valence-electron chi connectivity index (χ1n) is 5.96. The fourth-order valence-corrected chi connectivity index (χ4v) is 1.76. The van der Waals surface area contributed by atoms with Gasteiger partial charge in [0.1, 0.15) is 12.0 Å². The van der Waals surface area contributed by atoms with Crippen molar-refractivity contribution in [3.63, 3.8) is 0 Å². The van der Waals surface area contributed by atoms with E-state index < -0.39 is 0 Å². The first-order chi connectivity index (χ1) is 9.08. The van der Waals surface area contributed by atoms with E-state index in [4.69, 9.17) is 17.3 Å². The summed E-state index contributed by atoms with van der Waals surface area (Å²) < 4.78 is 0. The van der Waals surface area contributed by atoms with E-state index in [1.54, 1.807) is 6.07 Å². The highest BCUT2D eigenvalue weighted by Gasteiger charge is 2.10. The Bertz CT molecular complexity index is 571. The molecule has 0 bridgehead atoms. The summed E-state index contributed by atoms with van der Waals surface area (Å²) in [7, 11) is 0. The summed E-state index contributed by atoms with van der Waals surface area (Å²) in [6, 6.07) is 7.65.